The molecule has 1 N–H and O–H groups in total. The monoisotopic (exact) mass is 459 g/mol. The van der Waals surface area contributed by atoms with Gasteiger partial charge < -0.3 is 14.6 Å². The molecule has 3 heterocycles. The molecule has 0 bridgehead atoms. The highest BCUT2D eigenvalue weighted by molar-refractivity contribution is 7.80. The Morgan fingerprint density at radius 2 is 1.84 bits per heavy atom. The summed E-state index contributed by atoms with van der Waals surface area (Å²) < 4.78 is 6.43. The second kappa shape index (κ2) is 8.77. The molecule has 4 aromatic rings. The Labute approximate surface area is 197 Å². The van der Waals surface area contributed by atoms with Crippen molar-refractivity contribution in [2.75, 3.05) is 0 Å². The fourth-order valence-corrected chi connectivity index (χ4v) is 4.66. The van der Waals surface area contributed by atoms with Gasteiger partial charge in [0, 0.05) is 23.3 Å². The zero-order valence-corrected chi connectivity index (χ0v) is 19.1. The molecule has 1 saturated heterocycles. The molecule has 1 aliphatic heterocycles. The quantitative estimate of drug-likeness (QED) is 0.346. The van der Waals surface area contributed by atoms with Crippen LogP contribution in [-0.2, 0) is 6.54 Å². The van der Waals surface area contributed by atoms with Crippen molar-refractivity contribution in [3.63, 3.8) is 0 Å². The zero-order valence-electron chi connectivity index (χ0n) is 17.5. The zero-order chi connectivity index (χ0) is 22.1. The van der Waals surface area contributed by atoms with Gasteiger partial charge in [-0.15, -0.1) is 0 Å². The van der Waals surface area contributed by atoms with Gasteiger partial charge in [0.2, 0.25) is 0 Å². The average molecular weight is 460 g/mol. The highest BCUT2D eigenvalue weighted by Gasteiger charge is 2.41. The fraction of sp³-hybridized carbons (Fsp3) is 0.154. The third-order valence-corrected chi connectivity index (χ3v) is 6.36. The molecule has 0 spiro atoms. The van der Waals surface area contributed by atoms with Gasteiger partial charge in [-0.05, 0) is 66.7 Å². The van der Waals surface area contributed by atoms with Crippen LogP contribution in [0.4, 0.5) is 0 Å². The molecule has 5 rings (SSSR count). The van der Waals surface area contributed by atoms with Crippen molar-refractivity contribution >= 4 is 28.9 Å². The van der Waals surface area contributed by atoms with Crippen LogP contribution < -0.4 is 5.32 Å². The second-order valence-corrected chi connectivity index (χ2v) is 8.72. The summed E-state index contributed by atoms with van der Waals surface area (Å²) >= 11 is 12.0. The van der Waals surface area contributed by atoms with E-state index < -0.39 is 0 Å². The first-order valence-corrected chi connectivity index (χ1v) is 11.3. The molecule has 160 valence electrons. The van der Waals surface area contributed by atoms with Crippen LogP contribution in [0.2, 0.25) is 5.02 Å². The lowest BCUT2D eigenvalue weighted by atomic mass is 10.0. The smallest absolute Gasteiger partial charge is 0.170 e. The number of pyridine rings is 1. The molecule has 2 unspecified atom stereocenters. The Bertz CT molecular complexity index is 1240. The van der Waals surface area contributed by atoms with Gasteiger partial charge >= 0.3 is 0 Å². The Morgan fingerprint density at radius 1 is 1.03 bits per heavy atom. The van der Waals surface area contributed by atoms with Crippen LogP contribution in [0.5, 0.6) is 0 Å². The molecule has 1 fully saturated rings. The van der Waals surface area contributed by atoms with Crippen LogP contribution in [0.15, 0.2) is 89.5 Å². The first-order chi connectivity index (χ1) is 15.6. The van der Waals surface area contributed by atoms with Crippen molar-refractivity contribution in [2.24, 2.45) is 0 Å². The molecule has 0 amide bonds. The minimum atomic E-state index is -0.133. The number of aromatic nitrogens is 1. The number of aryl methyl sites for hydroxylation is 1. The van der Waals surface area contributed by atoms with Crippen LogP contribution in [0.25, 0.3) is 11.3 Å². The van der Waals surface area contributed by atoms with Crippen molar-refractivity contribution in [3.05, 3.63) is 113 Å². The number of hydrogen-bond acceptors (Lipinski definition) is 3. The van der Waals surface area contributed by atoms with E-state index in [9.17, 15) is 0 Å². The summed E-state index contributed by atoms with van der Waals surface area (Å²) in [6, 6.07) is 25.9. The van der Waals surface area contributed by atoms with Crippen LogP contribution in [0.3, 0.4) is 0 Å². The predicted molar refractivity (Wildman–Crippen MR) is 131 cm³/mol. The van der Waals surface area contributed by atoms with E-state index in [-0.39, 0.29) is 12.1 Å². The Balaban J connectivity index is 1.56. The summed E-state index contributed by atoms with van der Waals surface area (Å²) in [4.78, 5) is 6.77. The lowest BCUT2D eigenvalue weighted by Crippen LogP contribution is -2.29. The molecule has 0 radical (unpaired) electrons. The van der Waals surface area contributed by atoms with Crippen molar-refractivity contribution in [2.45, 2.75) is 25.6 Å². The SMILES string of the molecule is Cc1ccc(Cl)cc1-c1ccc(C2C(c3ccccn3)NC(=S)N2Cc2ccccc2)o1. The molecule has 2 atom stereocenters. The van der Waals surface area contributed by atoms with Crippen molar-refractivity contribution in [1.29, 1.82) is 0 Å². The van der Waals surface area contributed by atoms with Crippen LogP contribution in [-0.4, -0.2) is 15.0 Å². The molecule has 1 aliphatic rings. The van der Waals surface area contributed by atoms with Crippen LogP contribution in [0.1, 0.15) is 34.7 Å². The fourth-order valence-electron chi connectivity index (χ4n) is 4.18. The third-order valence-electron chi connectivity index (χ3n) is 5.78. The van der Waals surface area contributed by atoms with Crippen molar-refractivity contribution in [3.8, 4) is 11.3 Å². The van der Waals surface area contributed by atoms with E-state index in [2.05, 4.69) is 34.3 Å². The van der Waals surface area contributed by atoms with Crippen molar-refractivity contribution < 1.29 is 4.42 Å². The van der Waals surface area contributed by atoms with Gasteiger partial charge in [-0.2, -0.15) is 0 Å². The summed E-state index contributed by atoms with van der Waals surface area (Å²) in [5.41, 5.74) is 4.20. The summed E-state index contributed by atoms with van der Waals surface area (Å²) in [7, 11) is 0. The molecule has 0 aliphatic carbocycles. The first kappa shape index (κ1) is 20.7. The van der Waals surface area contributed by atoms with Crippen LogP contribution >= 0.6 is 23.8 Å². The van der Waals surface area contributed by atoms with Gasteiger partial charge in [-0.3, -0.25) is 4.98 Å². The van der Waals surface area contributed by atoms with Gasteiger partial charge in [-0.25, -0.2) is 0 Å². The number of thiocarbonyl (C=S) groups is 1. The normalized spacial score (nSPS) is 18.1. The number of nitrogens with one attached hydrogen (secondary N) is 1. The molecule has 6 heteroatoms. The molecular formula is C26H22ClN3OS. The van der Waals surface area contributed by atoms with Gasteiger partial charge in [0.15, 0.2) is 5.11 Å². The predicted octanol–water partition coefficient (Wildman–Crippen LogP) is 6.48. The molecule has 4 nitrogen and oxygen atoms in total. The van der Waals surface area contributed by atoms with E-state index in [0.717, 1.165) is 28.3 Å². The van der Waals surface area contributed by atoms with Crippen molar-refractivity contribution in [1.82, 2.24) is 15.2 Å². The molecule has 0 saturated carbocycles. The molecule has 32 heavy (non-hydrogen) atoms. The second-order valence-electron chi connectivity index (χ2n) is 7.90. The Morgan fingerprint density at radius 3 is 2.62 bits per heavy atom. The number of rotatable bonds is 5. The standard InChI is InChI=1S/C26H22ClN3OS/c1-17-10-11-19(27)15-20(17)22-12-13-23(31-22)25-24(21-9-5-6-14-28-21)29-26(32)30(25)16-18-7-3-2-4-8-18/h2-15,24-25H,16H2,1H3,(H,29,32). The Kier molecular flexibility index (Phi) is 5.68. The van der Waals surface area contributed by atoms with Gasteiger partial charge in [-0.1, -0.05) is 54.1 Å². The highest BCUT2D eigenvalue weighted by Crippen LogP contribution is 2.41. The summed E-state index contributed by atoms with van der Waals surface area (Å²) in [5.74, 6) is 1.62. The summed E-state index contributed by atoms with van der Waals surface area (Å²) in [5, 5.41) is 4.84. The van der Waals surface area contributed by atoms with Gasteiger partial charge in [0.05, 0.1) is 11.7 Å². The number of benzene rings is 2. The summed E-state index contributed by atoms with van der Waals surface area (Å²) in [6.45, 7) is 2.73. The van der Waals surface area contributed by atoms with E-state index in [1.54, 1.807) is 6.20 Å². The maximum Gasteiger partial charge on any atom is 0.170 e. The van der Waals surface area contributed by atoms with E-state index in [4.69, 9.17) is 28.2 Å². The average Bonchev–Trinajstić information content (AvgIpc) is 3.42. The molecule has 2 aromatic carbocycles. The highest BCUT2D eigenvalue weighted by atomic mass is 35.5. The number of hydrogen-bond donors (Lipinski definition) is 1. The number of nitrogens with zero attached hydrogens (tertiary/aromatic N) is 2. The van der Waals surface area contributed by atoms with Gasteiger partial charge in [0.25, 0.3) is 0 Å². The molecular weight excluding hydrogens is 438 g/mol. The topological polar surface area (TPSA) is 41.3 Å². The van der Waals surface area contributed by atoms with E-state index in [1.165, 1.54) is 5.56 Å². The molecule has 2 aromatic heterocycles. The summed E-state index contributed by atoms with van der Waals surface area (Å²) in [6.07, 6.45) is 1.81. The lowest BCUT2D eigenvalue weighted by molar-refractivity contribution is 0.269. The minimum Gasteiger partial charge on any atom is -0.459 e. The lowest BCUT2D eigenvalue weighted by Gasteiger charge is -2.26. The van der Waals surface area contributed by atoms with Gasteiger partial charge in [0.1, 0.15) is 17.6 Å². The van der Waals surface area contributed by atoms with E-state index >= 15 is 0 Å². The minimum absolute atomic E-state index is 0.119. The van der Waals surface area contributed by atoms with Crippen LogP contribution in [0, 0.1) is 6.92 Å². The largest absolute Gasteiger partial charge is 0.459 e. The number of halogens is 1. The number of furan rings is 1. The van der Waals surface area contributed by atoms with E-state index in [1.807, 2.05) is 66.7 Å². The van der Waals surface area contributed by atoms with E-state index in [0.29, 0.717) is 16.7 Å². The third kappa shape index (κ3) is 4.01. The Hall–Kier alpha value is -3.15. The maximum absolute atomic E-state index is 6.43. The first-order valence-electron chi connectivity index (χ1n) is 10.5. The maximum atomic E-state index is 6.43.